The zero-order chi connectivity index (χ0) is 40.3. The smallest absolute Gasteiger partial charge is 0.264 e. The van der Waals surface area contributed by atoms with Crippen molar-refractivity contribution in [2.45, 2.75) is 69.6 Å². The molecular weight excluding hydrogens is 801 g/mol. The van der Waals surface area contributed by atoms with Gasteiger partial charge in [-0.25, -0.2) is 0 Å². The molecule has 2 fully saturated rings. The van der Waals surface area contributed by atoms with E-state index in [1.807, 2.05) is 89.8 Å². The average molecular weight is 854 g/mol. The predicted octanol–water partition coefficient (Wildman–Crippen LogP) is 6.57. The number of ether oxygens (including phenoxy) is 2. The van der Waals surface area contributed by atoms with Crippen molar-refractivity contribution >= 4 is 58.3 Å². The molecule has 3 aliphatic heterocycles. The van der Waals surface area contributed by atoms with E-state index in [1.54, 1.807) is 12.0 Å². The van der Waals surface area contributed by atoms with Crippen LogP contribution >= 0.6 is 15.9 Å². The number of hydrogen-bond acceptors (Lipinski definition) is 7. The van der Waals surface area contributed by atoms with Crippen LogP contribution in [-0.2, 0) is 37.8 Å². The van der Waals surface area contributed by atoms with Crippen molar-refractivity contribution in [2.24, 2.45) is 11.8 Å². The molecule has 5 atom stereocenters. The fourth-order valence-corrected chi connectivity index (χ4v) is 13.7. The van der Waals surface area contributed by atoms with E-state index in [-0.39, 0.29) is 54.7 Å². The topological polar surface area (TPSA) is 120 Å². The molecular formula is C45H53BrN4O6Si. The van der Waals surface area contributed by atoms with Crippen molar-refractivity contribution in [1.82, 2.24) is 10.2 Å². The van der Waals surface area contributed by atoms with E-state index in [2.05, 4.69) is 58.7 Å². The summed E-state index contributed by atoms with van der Waals surface area (Å²) in [6, 6.07) is 31.6. The highest BCUT2D eigenvalue weighted by Gasteiger charge is 2.66. The Morgan fingerprint density at radius 2 is 1.77 bits per heavy atom. The van der Waals surface area contributed by atoms with Crippen LogP contribution < -0.4 is 25.5 Å². The summed E-state index contributed by atoms with van der Waals surface area (Å²) in [6.45, 7) is 9.04. The molecule has 4 aromatic rings. The van der Waals surface area contributed by atoms with E-state index < -0.39 is 19.8 Å². The van der Waals surface area contributed by atoms with Gasteiger partial charge in [-0.15, -0.1) is 0 Å². The largest absolute Gasteiger partial charge is 0.497 e. The second-order valence-corrected chi connectivity index (χ2v) is 21.8. The number of aliphatic hydroxyl groups is 1. The maximum Gasteiger partial charge on any atom is 0.264 e. The van der Waals surface area contributed by atoms with Gasteiger partial charge in [0.2, 0.25) is 11.8 Å². The van der Waals surface area contributed by atoms with Crippen molar-refractivity contribution in [3.8, 4) is 5.75 Å². The number of carbonyl (C=O) groups excluding carboxylic acids is 3. The zero-order valence-corrected chi connectivity index (χ0v) is 35.8. The van der Waals surface area contributed by atoms with Gasteiger partial charge in [0.15, 0.2) is 5.60 Å². The molecule has 0 bridgehead atoms. The molecule has 0 aromatic heterocycles. The molecule has 3 amide bonds. The summed E-state index contributed by atoms with van der Waals surface area (Å²) in [6.07, 6.45) is 1.34. The summed E-state index contributed by atoms with van der Waals surface area (Å²) in [5.41, 5.74) is 2.69. The van der Waals surface area contributed by atoms with Gasteiger partial charge in [-0.1, -0.05) is 95.7 Å². The highest BCUT2D eigenvalue weighted by atomic mass is 79.9. The Morgan fingerprint density at radius 3 is 2.44 bits per heavy atom. The number of benzene rings is 4. The third-order valence-corrected chi connectivity index (χ3v) is 17.2. The molecule has 4 aromatic carbocycles. The van der Waals surface area contributed by atoms with Gasteiger partial charge in [-0.2, -0.15) is 0 Å². The van der Waals surface area contributed by atoms with E-state index in [9.17, 15) is 14.7 Å². The van der Waals surface area contributed by atoms with Crippen LogP contribution in [0.25, 0.3) is 0 Å². The lowest BCUT2D eigenvalue weighted by Crippen LogP contribution is -2.52. The summed E-state index contributed by atoms with van der Waals surface area (Å²) in [5, 5.41) is 17.6. The van der Waals surface area contributed by atoms with Crippen molar-refractivity contribution in [2.75, 3.05) is 43.6 Å². The minimum Gasteiger partial charge on any atom is -0.497 e. The normalized spacial score (nSPS) is 23.1. The van der Waals surface area contributed by atoms with Crippen LogP contribution in [0, 0.1) is 11.8 Å². The van der Waals surface area contributed by atoms with Gasteiger partial charge in [-0.3, -0.25) is 14.4 Å². The van der Waals surface area contributed by atoms with Gasteiger partial charge in [-0.05, 0) is 78.5 Å². The Morgan fingerprint density at radius 1 is 1.04 bits per heavy atom. The highest BCUT2D eigenvalue weighted by molar-refractivity contribution is 9.10. The molecule has 0 aliphatic carbocycles. The van der Waals surface area contributed by atoms with Crippen LogP contribution in [0.5, 0.6) is 5.75 Å². The predicted molar refractivity (Wildman–Crippen MR) is 229 cm³/mol. The lowest BCUT2D eigenvalue weighted by atomic mass is 9.82. The standard InChI is InChI=1S/C45H53BrN4O6Si/c1-30-42(57(3,4)37-19-17-36(55-2)18-20-37)40(26-41(52)49(23-24-51)28-31-9-6-5-7-10-31)56-45(30)38-25-34(46)14-21-39(38)50(44(45)54)29-32-12-15-35(16-13-32)48-43(53)33-11-8-22-47-27-33/h5-7,9-10,12-21,25,30,33,40,42,47,51H,8,11,22-24,26-29H2,1-4H3,(H,48,53)/t30-,33?,40+,42-,45+/m0/s1. The summed E-state index contributed by atoms with van der Waals surface area (Å²) < 4.78 is 13.6. The number of halogens is 1. The summed E-state index contributed by atoms with van der Waals surface area (Å²) in [7, 11) is -0.859. The number of fused-ring (bicyclic) bond motifs is 2. The Bertz CT molecular complexity index is 2060. The van der Waals surface area contributed by atoms with Crippen molar-refractivity contribution in [3.63, 3.8) is 0 Å². The Hall–Kier alpha value is -4.33. The van der Waals surface area contributed by atoms with Crippen LogP contribution in [-0.4, -0.2) is 75.3 Å². The molecule has 3 N–H and O–H groups in total. The number of nitrogens with one attached hydrogen (secondary N) is 2. The maximum atomic E-state index is 15.3. The monoisotopic (exact) mass is 852 g/mol. The fourth-order valence-electron chi connectivity index (χ4n) is 9.36. The lowest BCUT2D eigenvalue weighted by Gasteiger charge is -2.37. The van der Waals surface area contributed by atoms with Gasteiger partial charge in [0.1, 0.15) is 5.75 Å². The summed E-state index contributed by atoms with van der Waals surface area (Å²) in [4.78, 5) is 46.1. The van der Waals surface area contributed by atoms with Crippen molar-refractivity contribution < 1.29 is 29.0 Å². The molecule has 12 heteroatoms. The van der Waals surface area contributed by atoms with E-state index in [4.69, 9.17) is 9.47 Å². The van der Waals surface area contributed by atoms with Crippen LogP contribution in [0.15, 0.2) is 102 Å². The summed E-state index contributed by atoms with van der Waals surface area (Å²) >= 11 is 3.69. The first-order valence-electron chi connectivity index (χ1n) is 19.9. The number of methoxy groups -OCH3 is 1. The van der Waals surface area contributed by atoms with Gasteiger partial charge in [0.05, 0.1) is 52.5 Å². The SMILES string of the molecule is COc1ccc([Si](C)(C)[C@@H]2[C@@H](CC(=O)N(CCO)Cc3ccccc3)O[C@]3(C(=O)N(Cc4ccc(NC(=O)C5CCCNC5)cc4)c4ccc(Br)cc43)[C@H]2C)cc1. The van der Waals surface area contributed by atoms with E-state index in [0.717, 1.165) is 57.7 Å². The number of carbonyl (C=O) groups is 3. The number of rotatable bonds is 13. The number of amides is 3. The fraction of sp³-hybridized carbons (Fsp3) is 0.400. The minimum atomic E-state index is -2.51. The molecule has 57 heavy (non-hydrogen) atoms. The molecule has 0 saturated carbocycles. The minimum absolute atomic E-state index is 0.0155. The van der Waals surface area contributed by atoms with Crippen molar-refractivity contribution in [1.29, 1.82) is 0 Å². The molecule has 3 aliphatic rings. The molecule has 1 spiro atoms. The van der Waals surface area contributed by atoms with Crippen LogP contribution in [0.4, 0.5) is 11.4 Å². The molecule has 10 nitrogen and oxygen atoms in total. The van der Waals surface area contributed by atoms with E-state index in [0.29, 0.717) is 19.6 Å². The number of anilines is 2. The molecule has 2 saturated heterocycles. The van der Waals surface area contributed by atoms with Gasteiger partial charge in [0, 0.05) is 41.3 Å². The number of hydrogen-bond donors (Lipinski definition) is 3. The van der Waals surface area contributed by atoms with Gasteiger partial charge < -0.3 is 35.0 Å². The van der Waals surface area contributed by atoms with Gasteiger partial charge >= 0.3 is 0 Å². The Kier molecular flexibility index (Phi) is 12.4. The maximum absolute atomic E-state index is 15.3. The first kappa shape index (κ1) is 40.8. The quantitative estimate of drug-likeness (QED) is 0.130. The highest BCUT2D eigenvalue weighted by Crippen LogP contribution is 2.60. The molecule has 0 radical (unpaired) electrons. The molecule has 7 rings (SSSR count). The first-order chi connectivity index (χ1) is 27.5. The van der Waals surface area contributed by atoms with Crippen molar-refractivity contribution in [3.05, 3.63) is 118 Å². The molecule has 1 unspecified atom stereocenters. The van der Waals surface area contributed by atoms with E-state index in [1.165, 1.54) is 5.19 Å². The third kappa shape index (κ3) is 8.20. The lowest BCUT2D eigenvalue weighted by molar-refractivity contribution is -0.150. The first-order valence-corrected chi connectivity index (χ1v) is 23.8. The second kappa shape index (κ2) is 17.3. The zero-order valence-electron chi connectivity index (χ0n) is 33.2. The van der Waals surface area contributed by atoms with Crippen LogP contribution in [0.2, 0.25) is 18.6 Å². The number of nitrogens with zero attached hydrogens (tertiary/aromatic N) is 2. The average Bonchev–Trinajstić information content (AvgIpc) is 3.64. The van der Waals surface area contributed by atoms with Crippen LogP contribution in [0.1, 0.15) is 42.9 Å². The number of piperidine rings is 1. The third-order valence-electron chi connectivity index (χ3n) is 12.3. The molecule has 300 valence electrons. The second-order valence-electron chi connectivity index (χ2n) is 16.2. The number of aliphatic hydroxyl groups excluding tert-OH is 1. The molecule has 3 heterocycles. The Labute approximate surface area is 345 Å². The van der Waals surface area contributed by atoms with Crippen LogP contribution in [0.3, 0.4) is 0 Å². The Balaban J connectivity index is 1.21. The van der Waals surface area contributed by atoms with E-state index >= 15 is 4.79 Å². The van der Waals surface area contributed by atoms with Gasteiger partial charge in [0.25, 0.3) is 5.91 Å². The summed E-state index contributed by atoms with van der Waals surface area (Å²) in [5.74, 6) is 0.152.